The molecule has 0 atom stereocenters. The maximum absolute atomic E-state index is 12.2. The summed E-state index contributed by atoms with van der Waals surface area (Å²) in [7, 11) is 0. The minimum absolute atomic E-state index is 0.00184. The quantitative estimate of drug-likeness (QED) is 0.904. The smallest absolute Gasteiger partial charge is 0.230 e. The summed E-state index contributed by atoms with van der Waals surface area (Å²) in [5, 5.41) is 2.85. The molecule has 19 heavy (non-hydrogen) atoms. The van der Waals surface area contributed by atoms with Gasteiger partial charge in [-0.3, -0.25) is 9.59 Å². The lowest BCUT2D eigenvalue weighted by Gasteiger charge is -2.18. The van der Waals surface area contributed by atoms with E-state index >= 15 is 0 Å². The Morgan fingerprint density at radius 3 is 2.84 bits per heavy atom. The van der Waals surface area contributed by atoms with Gasteiger partial charge in [-0.2, -0.15) is 0 Å². The highest BCUT2D eigenvalue weighted by molar-refractivity contribution is 5.99. The maximum Gasteiger partial charge on any atom is 0.230 e. The first-order valence-corrected chi connectivity index (χ1v) is 6.93. The van der Waals surface area contributed by atoms with Crippen molar-refractivity contribution in [2.45, 2.75) is 32.6 Å². The fourth-order valence-electron chi connectivity index (χ4n) is 2.49. The molecule has 1 aromatic carbocycles. The zero-order valence-electron chi connectivity index (χ0n) is 11.1. The van der Waals surface area contributed by atoms with E-state index in [0.717, 1.165) is 37.2 Å². The predicted molar refractivity (Wildman–Crippen MR) is 74.1 cm³/mol. The van der Waals surface area contributed by atoms with Crippen LogP contribution < -0.4 is 10.2 Å². The Kier molecular flexibility index (Phi) is 3.01. The zero-order chi connectivity index (χ0) is 13.4. The Bertz CT molecular complexity index is 535. The molecule has 1 aliphatic heterocycles. The molecule has 0 bridgehead atoms. The molecule has 1 N–H and O–H groups in total. The average Bonchev–Trinajstić information content (AvgIpc) is 3.18. The number of rotatable bonds is 3. The molecule has 1 fully saturated rings. The van der Waals surface area contributed by atoms with Gasteiger partial charge in [-0.25, -0.2) is 0 Å². The number of anilines is 2. The second kappa shape index (κ2) is 4.68. The number of fused-ring (bicyclic) bond motifs is 1. The normalized spacial score (nSPS) is 17.2. The molecular formula is C15H18N2O2. The van der Waals surface area contributed by atoms with Crippen molar-refractivity contribution in [3.63, 3.8) is 0 Å². The highest BCUT2D eigenvalue weighted by atomic mass is 16.2. The lowest BCUT2D eigenvalue weighted by atomic mass is 10.1. The molecule has 2 amide bonds. The first kappa shape index (κ1) is 12.2. The van der Waals surface area contributed by atoms with Crippen LogP contribution in [0.2, 0.25) is 0 Å². The number of benzene rings is 1. The maximum atomic E-state index is 12.2. The summed E-state index contributed by atoms with van der Waals surface area (Å²) in [6.45, 7) is 2.60. The summed E-state index contributed by atoms with van der Waals surface area (Å²) < 4.78 is 0. The summed E-state index contributed by atoms with van der Waals surface area (Å²) in [6.07, 6.45) is 3.42. The van der Waals surface area contributed by atoms with E-state index in [-0.39, 0.29) is 17.7 Å². The molecule has 100 valence electrons. The molecule has 1 aromatic rings. The van der Waals surface area contributed by atoms with Crippen LogP contribution in [0, 0.1) is 5.92 Å². The Hall–Kier alpha value is -1.84. The lowest BCUT2D eigenvalue weighted by Crippen LogP contribution is -2.30. The lowest BCUT2D eigenvalue weighted by molar-refractivity contribution is -0.119. The molecular weight excluding hydrogens is 240 g/mol. The van der Waals surface area contributed by atoms with Crippen LogP contribution in [0.25, 0.3) is 0 Å². The Balaban J connectivity index is 1.84. The molecule has 0 radical (unpaired) electrons. The number of nitrogens with one attached hydrogen (secondary N) is 1. The molecule has 4 nitrogen and oxygen atoms in total. The van der Waals surface area contributed by atoms with Gasteiger partial charge in [0.1, 0.15) is 0 Å². The van der Waals surface area contributed by atoms with Crippen molar-refractivity contribution >= 4 is 23.2 Å². The number of nitrogens with zero attached hydrogens (tertiary/aromatic N) is 1. The molecule has 4 heteroatoms. The van der Waals surface area contributed by atoms with Crippen molar-refractivity contribution in [3.8, 4) is 0 Å². The van der Waals surface area contributed by atoms with Crippen molar-refractivity contribution in [2.24, 2.45) is 5.92 Å². The summed E-state index contributed by atoms with van der Waals surface area (Å²) >= 11 is 0. The van der Waals surface area contributed by atoms with Crippen molar-refractivity contribution in [1.29, 1.82) is 0 Å². The van der Waals surface area contributed by atoms with Gasteiger partial charge in [0.15, 0.2) is 0 Å². The first-order valence-electron chi connectivity index (χ1n) is 6.93. The Morgan fingerprint density at radius 2 is 2.16 bits per heavy atom. The van der Waals surface area contributed by atoms with Crippen LogP contribution in [0.15, 0.2) is 18.2 Å². The summed E-state index contributed by atoms with van der Waals surface area (Å²) in [5.74, 6) is 0.482. The van der Waals surface area contributed by atoms with Gasteiger partial charge in [0.05, 0.1) is 0 Å². The fourth-order valence-corrected chi connectivity index (χ4v) is 2.49. The molecule has 0 saturated heterocycles. The molecule has 3 rings (SSSR count). The summed E-state index contributed by atoms with van der Waals surface area (Å²) in [5.41, 5.74) is 2.95. The third-order valence-corrected chi connectivity index (χ3v) is 3.78. The third kappa shape index (κ3) is 2.35. The Morgan fingerprint density at radius 1 is 1.37 bits per heavy atom. The van der Waals surface area contributed by atoms with Gasteiger partial charge < -0.3 is 10.2 Å². The Labute approximate surface area is 112 Å². The summed E-state index contributed by atoms with van der Waals surface area (Å²) in [4.78, 5) is 25.5. The number of carbonyl (C=O) groups excluding carboxylic acids is 2. The molecule has 1 saturated carbocycles. The van der Waals surface area contributed by atoms with Gasteiger partial charge in [0, 0.05) is 30.3 Å². The zero-order valence-corrected chi connectivity index (χ0v) is 11.1. The van der Waals surface area contributed by atoms with Crippen LogP contribution in [-0.2, 0) is 16.0 Å². The van der Waals surface area contributed by atoms with E-state index in [1.165, 1.54) is 5.56 Å². The SMILES string of the molecule is CCC(=O)Nc1ccc2c(c1)N(C(=O)C1CC1)CC2. The van der Waals surface area contributed by atoms with E-state index in [1.54, 1.807) is 0 Å². The van der Waals surface area contributed by atoms with Crippen molar-refractivity contribution < 1.29 is 9.59 Å². The topological polar surface area (TPSA) is 49.4 Å². The standard InChI is InChI=1S/C15H18N2O2/c1-2-14(18)16-12-6-5-10-7-8-17(13(10)9-12)15(19)11-3-4-11/h5-6,9,11H,2-4,7-8H2,1H3,(H,16,18). The molecule has 0 unspecified atom stereocenters. The van der Waals surface area contributed by atoms with Crippen LogP contribution in [0.1, 0.15) is 31.7 Å². The van der Waals surface area contributed by atoms with E-state index in [9.17, 15) is 9.59 Å². The van der Waals surface area contributed by atoms with E-state index in [2.05, 4.69) is 5.32 Å². The minimum Gasteiger partial charge on any atom is -0.326 e. The third-order valence-electron chi connectivity index (χ3n) is 3.78. The van der Waals surface area contributed by atoms with Crippen molar-refractivity contribution in [3.05, 3.63) is 23.8 Å². The molecule has 0 aromatic heterocycles. The van der Waals surface area contributed by atoms with Crippen LogP contribution >= 0.6 is 0 Å². The van der Waals surface area contributed by atoms with Crippen LogP contribution in [-0.4, -0.2) is 18.4 Å². The van der Waals surface area contributed by atoms with Gasteiger partial charge in [-0.15, -0.1) is 0 Å². The van der Waals surface area contributed by atoms with Gasteiger partial charge in [0.2, 0.25) is 11.8 Å². The predicted octanol–water partition coefficient (Wildman–Crippen LogP) is 2.33. The molecule has 1 aliphatic carbocycles. The molecule has 2 aliphatic rings. The molecule has 0 spiro atoms. The average molecular weight is 258 g/mol. The monoisotopic (exact) mass is 258 g/mol. The fraction of sp³-hybridized carbons (Fsp3) is 0.467. The number of carbonyl (C=O) groups is 2. The van der Waals surface area contributed by atoms with Gasteiger partial charge in [-0.05, 0) is 37.0 Å². The van der Waals surface area contributed by atoms with Gasteiger partial charge >= 0.3 is 0 Å². The molecule has 1 heterocycles. The highest BCUT2D eigenvalue weighted by Crippen LogP contribution is 2.37. The van der Waals surface area contributed by atoms with Crippen LogP contribution in [0.3, 0.4) is 0 Å². The van der Waals surface area contributed by atoms with E-state index in [1.807, 2.05) is 30.0 Å². The second-order valence-electron chi connectivity index (χ2n) is 5.26. The van der Waals surface area contributed by atoms with Crippen molar-refractivity contribution in [2.75, 3.05) is 16.8 Å². The van der Waals surface area contributed by atoms with E-state index in [4.69, 9.17) is 0 Å². The first-order chi connectivity index (χ1) is 9.19. The number of hydrogen-bond donors (Lipinski definition) is 1. The van der Waals surface area contributed by atoms with Crippen LogP contribution in [0.5, 0.6) is 0 Å². The second-order valence-corrected chi connectivity index (χ2v) is 5.26. The number of amides is 2. The highest BCUT2D eigenvalue weighted by Gasteiger charge is 2.36. The van der Waals surface area contributed by atoms with E-state index in [0.29, 0.717) is 6.42 Å². The van der Waals surface area contributed by atoms with Gasteiger partial charge in [-0.1, -0.05) is 13.0 Å². The largest absolute Gasteiger partial charge is 0.326 e. The van der Waals surface area contributed by atoms with Crippen molar-refractivity contribution in [1.82, 2.24) is 0 Å². The van der Waals surface area contributed by atoms with Gasteiger partial charge in [0.25, 0.3) is 0 Å². The minimum atomic E-state index is -0.00184. The van der Waals surface area contributed by atoms with E-state index < -0.39 is 0 Å². The number of hydrogen-bond acceptors (Lipinski definition) is 2. The van der Waals surface area contributed by atoms with Crippen LogP contribution in [0.4, 0.5) is 11.4 Å². The summed E-state index contributed by atoms with van der Waals surface area (Å²) in [6, 6.07) is 5.86.